The van der Waals surface area contributed by atoms with Gasteiger partial charge in [-0.05, 0) is 45.7 Å². The first-order valence-electron chi connectivity index (χ1n) is 8.06. The van der Waals surface area contributed by atoms with E-state index in [1.165, 1.54) is 0 Å². The number of carbonyl (C=O) groups excluding carboxylic acids is 1. The van der Waals surface area contributed by atoms with Gasteiger partial charge < -0.3 is 14.6 Å². The zero-order chi connectivity index (χ0) is 17.1. The number of amides is 1. The Bertz CT molecular complexity index is 565. The summed E-state index contributed by atoms with van der Waals surface area (Å²) in [6.45, 7) is 10.5. The first-order valence-corrected chi connectivity index (χ1v) is 8.06. The van der Waals surface area contributed by atoms with Crippen molar-refractivity contribution in [3.63, 3.8) is 0 Å². The summed E-state index contributed by atoms with van der Waals surface area (Å²) in [5, 5.41) is 2.94. The van der Waals surface area contributed by atoms with Crippen LogP contribution in [-0.4, -0.2) is 24.2 Å². The second-order valence-electron chi connectivity index (χ2n) is 6.89. The minimum atomic E-state index is -0.465. The Hall–Kier alpha value is -1.59. The molecule has 0 atom stereocenters. The molecule has 1 N–H and O–H groups in total. The van der Waals surface area contributed by atoms with Crippen LogP contribution < -0.4 is 5.32 Å². The highest BCUT2D eigenvalue weighted by molar-refractivity contribution is 6.55. The molecular weight excluding hydrogens is 289 g/mol. The summed E-state index contributed by atoms with van der Waals surface area (Å²) in [5.74, 6) is -0.0309. The van der Waals surface area contributed by atoms with Crippen molar-refractivity contribution < 1.29 is 14.1 Å². The second kappa shape index (κ2) is 6.89. The van der Waals surface area contributed by atoms with E-state index in [2.05, 4.69) is 5.32 Å². The molecule has 1 saturated heterocycles. The predicted octanol–water partition coefficient (Wildman–Crippen LogP) is 3.27. The predicted molar refractivity (Wildman–Crippen MR) is 92.7 cm³/mol. The lowest BCUT2D eigenvalue weighted by Crippen LogP contribution is -2.41. The molecule has 1 aliphatic rings. The molecule has 1 heterocycles. The average Bonchev–Trinajstić information content (AvgIpc) is 2.72. The van der Waals surface area contributed by atoms with Gasteiger partial charge in [0.2, 0.25) is 5.91 Å². The summed E-state index contributed by atoms with van der Waals surface area (Å²) in [7, 11) is -0.465. The number of allylic oxidation sites excluding steroid dienone is 1. The van der Waals surface area contributed by atoms with Gasteiger partial charge in [-0.3, -0.25) is 4.79 Å². The highest BCUT2D eigenvalue weighted by Gasteiger charge is 2.52. The van der Waals surface area contributed by atoms with E-state index in [9.17, 15) is 4.79 Å². The minimum Gasteiger partial charge on any atom is -0.400 e. The van der Waals surface area contributed by atoms with Crippen molar-refractivity contribution in [2.75, 3.05) is 0 Å². The van der Waals surface area contributed by atoms with Crippen molar-refractivity contribution in [1.82, 2.24) is 5.32 Å². The molecule has 1 fully saturated rings. The maximum absolute atomic E-state index is 12.2. The maximum atomic E-state index is 12.2. The summed E-state index contributed by atoms with van der Waals surface area (Å²) < 4.78 is 12.0. The number of nitrogens with one attached hydrogen (secondary N) is 1. The Morgan fingerprint density at radius 2 is 1.70 bits per heavy atom. The highest BCUT2D eigenvalue weighted by atomic mass is 16.7. The summed E-state index contributed by atoms with van der Waals surface area (Å²) in [6.07, 6.45) is 2.18. The van der Waals surface area contributed by atoms with E-state index in [-0.39, 0.29) is 12.3 Å². The van der Waals surface area contributed by atoms with Crippen molar-refractivity contribution in [3.05, 3.63) is 47.4 Å². The van der Waals surface area contributed by atoms with E-state index < -0.39 is 18.3 Å². The molecule has 23 heavy (non-hydrogen) atoms. The zero-order valence-electron chi connectivity index (χ0n) is 14.7. The van der Waals surface area contributed by atoms with Crippen LogP contribution in [0.25, 0.3) is 0 Å². The molecule has 0 aromatic heterocycles. The van der Waals surface area contributed by atoms with E-state index in [1.54, 1.807) is 0 Å². The fourth-order valence-electron chi connectivity index (χ4n) is 2.36. The van der Waals surface area contributed by atoms with E-state index >= 15 is 0 Å². The SMILES string of the molecule is C/C=C(\CC(=O)NCc1ccccc1)B1OC(C)(C)C(C)(C)O1. The normalized spacial score (nSPS) is 19.7. The van der Waals surface area contributed by atoms with Crippen molar-refractivity contribution in [3.8, 4) is 0 Å². The molecule has 124 valence electrons. The topological polar surface area (TPSA) is 47.6 Å². The lowest BCUT2D eigenvalue weighted by molar-refractivity contribution is -0.120. The van der Waals surface area contributed by atoms with E-state index in [1.807, 2.05) is 71.0 Å². The molecule has 5 heteroatoms. The van der Waals surface area contributed by atoms with E-state index in [0.29, 0.717) is 6.54 Å². The molecule has 0 aliphatic carbocycles. The third-order valence-corrected chi connectivity index (χ3v) is 4.62. The van der Waals surface area contributed by atoms with Crippen molar-refractivity contribution in [1.29, 1.82) is 0 Å². The number of hydrogen-bond acceptors (Lipinski definition) is 3. The van der Waals surface area contributed by atoms with Gasteiger partial charge in [-0.1, -0.05) is 36.4 Å². The van der Waals surface area contributed by atoms with Crippen LogP contribution in [-0.2, 0) is 20.6 Å². The molecule has 0 radical (unpaired) electrons. The highest BCUT2D eigenvalue weighted by Crippen LogP contribution is 2.38. The quantitative estimate of drug-likeness (QED) is 0.848. The first kappa shape index (κ1) is 17.8. The molecule has 0 saturated carbocycles. The van der Waals surface area contributed by atoms with Crippen molar-refractivity contribution >= 4 is 13.0 Å². The smallest absolute Gasteiger partial charge is 0.400 e. The standard InChI is InChI=1S/C18H26BNO3/c1-6-15(19-22-17(2,3)18(4,5)23-19)12-16(21)20-13-14-10-8-7-9-11-14/h6-11H,12-13H2,1-5H3,(H,20,21)/b15-6+. The van der Waals surface area contributed by atoms with Gasteiger partial charge in [-0.25, -0.2) is 0 Å². The third-order valence-electron chi connectivity index (χ3n) is 4.62. The van der Waals surface area contributed by atoms with Crippen LogP contribution in [0.4, 0.5) is 0 Å². The Balaban J connectivity index is 1.92. The number of carbonyl (C=O) groups is 1. The summed E-state index contributed by atoms with van der Waals surface area (Å²) in [4.78, 5) is 12.2. The second-order valence-corrected chi connectivity index (χ2v) is 6.89. The largest absolute Gasteiger partial charge is 0.490 e. The fraction of sp³-hybridized carbons (Fsp3) is 0.500. The molecule has 0 unspecified atom stereocenters. The van der Waals surface area contributed by atoms with Crippen LogP contribution in [0, 0.1) is 0 Å². The summed E-state index contributed by atoms with van der Waals surface area (Å²) >= 11 is 0. The van der Waals surface area contributed by atoms with Gasteiger partial charge in [0.25, 0.3) is 0 Å². The van der Waals surface area contributed by atoms with Gasteiger partial charge >= 0.3 is 7.12 Å². The van der Waals surface area contributed by atoms with E-state index in [4.69, 9.17) is 9.31 Å². The molecular formula is C18H26BNO3. The lowest BCUT2D eigenvalue weighted by Gasteiger charge is -2.32. The van der Waals surface area contributed by atoms with Gasteiger partial charge in [0.15, 0.2) is 0 Å². The minimum absolute atomic E-state index is 0.0309. The number of hydrogen-bond donors (Lipinski definition) is 1. The Kier molecular flexibility index (Phi) is 5.32. The van der Waals surface area contributed by atoms with Crippen LogP contribution in [0.1, 0.15) is 46.6 Å². The molecule has 0 spiro atoms. The van der Waals surface area contributed by atoms with Crippen LogP contribution in [0.3, 0.4) is 0 Å². The van der Waals surface area contributed by atoms with Crippen LogP contribution in [0.5, 0.6) is 0 Å². The number of benzene rings is 1. The third kappa shape index (κ3) is 4.24. The summed E-state index contributed by atoms with van der Waals surface area (Å²) in [5.41, 5.74) is 1.14. The average molecular weight is 315 g/mol. The molecule has 4 nitrogen and oxygen atoms in total. The molecule has 2 rings (SSSR count). The fourth-order valence-corrected chi connectivity index (χ4v) is 2.36. The van der Waals surface area contributed by atoms with E-state index in [0.717, 1.165) is 11.0 Å². The van der Waals surface area contributed by atoms with Gasteiger partial charge in [0.1, 0.15) is 0 Å². The van der Waals surface area contributed by atoms with Gasteiger partial charge in [-0.2, -0.15) is 0 Å². The van der Waals surface area contributed by atoms with Crippen molar-refractivity contribution in [2.24, 2.45) is 0 Å². The van der Waals surface area contributed by atoms with Crippen LogP contribution in [0.2, 0.25) is 0 Å². The molecule has 1 aromatic rings. The van der Waals surface area contributed by atoms with Crippen LogP contribution >= 0.6 is 0 Å². The first-order chi connectivity index (χ1) is 10.7. The Labute approximate surface area is 139 Å². The Morgan fingerprint density at radius 1 is 1.13 bits per heavy atom. The molecule has 1 amide bonds. The van der Waals surface area contributed by atoms with Crippen LogP contribution in [0.15, 0.2) is 41.9 Å². The number of rotatable bonds is 5. The lowest BCUT2D eigenvalue weighted by atomic mass is 9.76. The zero-order valence-corrected chi connectivity index (χ0v) is 14.7. The molecule has 1 aromatic carbocycles. The Morgan fingerprint density at radius 3 is 2.22 bits per heavy atom. The maximum Gasteiger partial charge on any atom is 0.490 e. The van der Waals surface area contributed by atoms with Gasteiger partial charge in [0.05, 0.1) is 11.2 Å². The van der Waals surface area contributed by atoms with Gasteiger partial charge in [-0.15, -0.1) is 0 Å². The summed E-state index contributed by atoms with van der Waals surface area (Å²) in [6, 6.07) is 9.87. The molecule has 0 bridgehead atoms. The monoisotopic (exact) mass is 315 g/mol. The molecule has 1 aliphatic heterocycles. The van der Waals surface area contributed by atoms with Gasteiger partial charge in [0, 0.05) is 13.0 Å². The van der Waals surface area contributed by atoms with Crippen molar-refractivity contribution in [2.45, 2.75) is 58.8 Å².